The van der Waals surface area contributed by atoms with Crippen molar-refractivity contribution in [1.82, 2.24) is 5.32 Å². The Morgan fingerprint density at radius 3 is 2.52 bits per heavy atom. The van der Waals surface area contributed by atoms with Crippen LogP contribution in [-0.2, 0) is 16.1 Å². The Hall–Kier alpha value is -2.88. The molecule has 1 aromatic rings. The quantitative estimate of drug-likeness (QED) is 0.305. The van der Waals surface area contributed by atoms with Crippen molar-refractivity contribution in [3.8, 4) is 0 Å². The van der Waals surface area contributed by atoms with Crippen molar-refractivity contribution >= 4 is 11.6 Å². The monoisotopic (exact) mass is 419 g/mol. The zero-order chi connectivity index (χ0) is 22.5. The van der Waals surface area contributed by atoms with Crippen molar-refractivity contribution in [1.29, 1.82) is 0 Å². The van der Waals surface area contributed by atoms with Gasteiger partial charge in [-0.25, -0.2) is 0 Å². The van der Waals surface area contributed by atoms with Crippen LogP contribution < -0.4 is 5.32 Å². The fourth-order valence-corrected chi connectivity index (χ4v) is 4.56. The third-order valence-corrected chi connectivity index (χ3v) is 6.27. The maximum absolute atomic E-state index is 13.7. The van der Waals surface area contributed by atoms with Gasteiger partial charge in [0.1, 0.15) is 0 Å². The van der Waals surface area contributed by atoms with Gasteiger partial charge in [0.25, 0.3) is 0 Å². The molecule has 31 heavy (non-hydrogen) atoms. The first-order valence-corrected chi connectivity index (χ1v) is 11.2. The van der Waals surface area contributed by atoms with E-state index in [0.717, 1.165) is 42.4 Å². The van der Waals surface area contributed by atoms with Gasteiger partial charge in [-0.15, -0.1) is 0 Å². The van der Waals surface area contributed by atoms with Gasteiger partial charge in [0.15, 0.2) is 5.76 Å². The van der Waals surface area contributed by atoms with Crippen LogP contribution in [0.3, 0.4) is 0 Å². The normalized spacial score (nSPS) is 21.6. The lowest BCUT2D eigenvalue weighted by atomic mass is 9.77. The van der Waals surface area contributed by atoms with Gasteiger partial charge in [0.2, 0.25) is 11.6 Å². The van der Waals surface area contributed by atoms with Crippen LogP contribution >= 0.6 is 0 Å². The molecule has 4 heteroatoms. The first kappa shape index (κ1) is 22.8. The van der Waals surface area contributed by atoms with E-state index in [0.29, 0.717) is 24.2 Å². The van der Waals surface area contributed by atoms with Gasteiger partial charge >= 0.3 is 0 Å². The van der Waals surface area contributed by atoms with Crippen molar-refractivity contribution < 1.29 is 14.7 Å². The molecule has 0 spiro atoms. The lowest BCUT2D eigenvalue weighted by Gasteiger charge is -2.28. The van der Waals surface area contributed by atoms with Crippen molar-refractivity contribution in [2.24, 2.45) is 11.8 Å². The second-order valence-corrected chi connectivity index (χ2v) is 8.77. The Morgan fingerprint density at radius 1 is 1.16 bits per heavy atom. The highest BCUT2D eigenvalue weighted by Gasteiger charge is 2.41. The number of unbranched alkanes of at least 4 members (excludes halogenated alkanes) is 2. The van der Waals surface area contributed by atoms with Crippen LogP contribution in [0.2, 0.25) is 0 Å². The molecule has 0 unspecified atom stereocenters. The third kappa shape index (κ3) is 4.90. The number of hydrogen-bond donors (Lipinski definition) is 2. The molecule has 2 aliphatic rings. The predicted molar refractivity (Wildman–Crippen MR) is 124 cm³/mol. The lowest BCUT2D eigenvalue weighted by Crippen LogP contribution is -2.35. The van der Waals surface area contributed by atoms with Gasteiger partial charge in [-0.2, -0.15) is 0 Å². The van der Waals surface area contributed by atoms with E-state index in [9.17, 15) is 14.7 Å². The molecule has 0 aromatic heterocycles. The van der Waals surface area contributed by atoms with Crippen molar-refractivity contribution in [2.75, 3.05) is 0 Å². The molecular formula is C27H33NO3. The summed E-state index contributed by atoms with van der Waals surface area (Å²) < 4.78 is 0. The van der Waals surface area contributed by atoms with Gasteiger partial charge in [-0.3, -0.25) is 9.59 Å². The van der Waals surface area contributed by atoms with E-state index in [1.807, 2.05) is 50.3 Å². The summed E-state index contributed by atoms with van der Waals surface area (Å²) in [5.41, 5.74) is 4.09. The lowest BCUT2D eigenvalue weighted by molar-refractivity contribution is -0.119. The van der Waals surface area contributed by atoms with Crippen molar-refractivity contribution in [3.05, 3.63) is 82.3 Å². The molecule has 0 radical (unpaired) electrons. The third-order valence-electron chi connectivity index (χ3n) is 6.27. The molecule has 2 atom stereocenters. The molecule has 2 aliphatic carbocycles. The van der Waals surface area contributed by atoms with Crippen LogP contribution in [0.5, 0.6) is 0 Å². The number of aliphatic hydroxyl groups is 1. The van der Waals surface area contributed by atoms with Gasteiger partial charge in [0.05, 0.1) is 11.3 Å². The predicted octanol–water partition coefficient (Wildman–Crippen LogP) is 5.73. The highest BCUT2D eigenvalue weighted by Crippen LogP contribution is 2.42. The Kier molecular flexibility index (Phi) is 7.32. The topological polar surface area (TPSA) is 66.4 Å². The molecule has 0 saturated heterocycles. The molecule has 2 N–H and O–H groups in total. The van der Waals surface area contributed by atoms with E-state index in [1.54, 1.807) is 0 Å². The van der Waals surface area contributed by atoms with Crippen LogP contribution in [0.1, 0.15) is 58.4 Å². The minimum atomic E-state index is -0.417. The number of benzene rings is 1. The molecule has 0 saturated carbocycles. The van der Waals surface area contributed by atoms with Crippen LogP contribution in [0, 0.1) is 11.8 Å². The summed E-state index contributed by atoms with van der Waals surface area (Å²) in [5.74, 6) is -1.36. The molecular weight excluding hydrogens is 386 g/mol. The van der Waals surface area contributed by atoms with Crippen LogP contribution in [0.25, 0.3) is 0 Å². The molecule has 3 rings (SSSR count). The Morgan fingerprint density at radius 2 is 1.87 bits per heavy atom. The Bertz CT molecular complexity index is 965. The molecule has 0 heterocycles. The number of Topliss-reactive ketones (excluding diaryl/α,β-unsaturated/α-hetero) is 2. The average molecular weight is 420 g/mol. The summed E-state index contributed by atoms with van der Waals surface area (Å²) in [6, 6.07) is 9.80. The number of carbonyl (C=O) groups is 2. The fourth-order valence-electron chi connectivity index (χ4n) is 4.56. The summed E-state index contributed by atoms with van der Waals surface area (Å²) >= 11 is 0. The first-order valence-electron chi connectivity index (χ1n) is 11.2. The average Bonchev–Trinajstić information content (AvgIpc) is 3.13. The van der Waals surface area contributed by atoms with E-state index in [4.69, 9.17) is 0 Å². The first-order chi connectivity index (χ1) is 14.8. The van der Waals surface area contributed by atoms with Gasteiger partial charge in [0, 0.05) is 18.0 Å². The summed E-state index contributed by atoms with van der Waals surface area (Å²) in [6.07, 6.45) is 6.07. The fraction of sp³-hybridized carbons (Fsp3) is 0.407. The summed E-state index contributed by atoms with van der Waals surface area (Å²) in [4.78, 5) is 26.9. The van der Waals surface area contributed by atoms with E-state index in [-0.39, 0.29) is 29.0 Å². The zero-order valence-corrected chi connectivity index (χ0v) is 18.8. The maximum atomic E-state index is 13.7. The van der Waals surface area contributed by atoms with E-state index >= 15 is 0 Å². The number of rotatable bonds is 9. The second-order valence-electron chi connectivity index (χ2n) is 8.77. The Labute approximate surface area is 185 Å². The minimum absolute atomic E-state index is 0.0194. The highest BCUT2D eigenvalue weighted by molar-refractivity contribution is 6.24. The van der Waals surface area contributed by atoms with Crippen molar-refractivity contribution in [2.45, 2.75) is 59.4 Å². The SMILES string of the molecule is C=C(C)[C@@H]1CC(C)=C[C@H]1C1=C(O)C(=O)C(CCCCC)=C(NCc2ccccc2)C1=O. The number of hydrogen-bond acceptors (Lipinski definition) is 4. The molecule has 0 fully saturated rings. The van der Waals surface area contributed by atoms with Crippen LogP contribution in [0.4, 0.5) is 0 Å². The van der Waals surface area contributed by atoms with Crippen LogP contribution in [0.15, 0.2) is 76.7 Å². The van der Waals surface area contributed by atoms with Crippen molar-refractivity contribution in [3.63, 3.8) is 0 Å². The molecule has 164 valence electrons. The molecule has 0 bridgehead atoms. The van der Waals surface area contributed by atoms with Gasteiger partial charge < -0.3 is 10.4 Å². The van der Waals surface area contributed by atoms with Gasteiger partial charge in [-0.05, 0) is 44.6 Å². The second kappa shape index (κ2) is 9.95. The number of ketones is 2. The molecule has 0 aliphatic heterocycles. The van der Waals surface area contributed by atoms with Gasteiger partial charge in [-0.1, -0.05) is 73.9 Å². The standard InChI is InChI=1S/C27H33NO3/c1-5-6-8-13-20-24(28-16-19-11-9-7-10-12-19)26(30)23(27(31)25(20)29)22-15-18(4)14-21(22)17(2)3/h7,9-12,15,21-22,28,31H,2,5-6,8,13-14,16H2,1,3-4H3/t21-,22+/m0/s1. The van der Waals surface area contributed by atoms with E-state index < -0.39 is 5.78 Å². The zero-order valence-electron chi connectivity index (χ0n) is 18.8. The van der Waals surface area contributed by atoms with E-state index in [1.165, 1.54) is 0 Å². The number of nitrogens with one attached hydrogen (secondary N) is 1. The molecule has 0 amide bonds. The molecule has 1 aromatic carbocycles. The number of allylic oxidation sites excluding steroid dienone is 5. The van der Waals surface area contributed by atoms with E-state index in [2.05, 4.69) is 18.8 Å². The number of carbonyl (C=O) groups excluding carboxylic acids is 2. The summed E-state index contributed by atoms with van der Waals surface area (Å²) in [7, 11) is 0. The summed E-state index contributed by atoms with van der Waals surface area (Å²) in [5, 5.41) is 14.1. The maximum Gasteiger partial charge on any atom is 0.225 e. The largest absolute Gasteiger partial charge is 0.504 e. The minimum Gasteiger partial charge on any atom is -0.504 e. The summed E-state index contributed by atoms with van der Waals surface area (Å²) in [6.45, 7) is 10.6. The highest BCUT2D eigenvalue weighted by atomic mass is 16.3. The Balaban J connectivity index is 1.97. The molecule has 4 nitrogen and oxygen atoms in total. The number of aliphatic hydroxyl groups excluding tert-OH is 1. The van der Waals surface area contributed by atoms with Crippen LogP contribution in [-0.4, -0.2) is 16.7 Å². The smallest absolute Gasteiger partial charge is 0.225 e.